The molecule has 11 heteroatoms. The standard InChI is InChI=1S/C19H20ClF2NO6S/c1-4-27-16-7-5-6-12(17(16)29-19(21)22)11-28-18(24)14-10-13(8-9-15(14)20)30(25,26)23(2)3/h5-10,19H,4,11H2,1-3H3. The smallest absolute Gasteiger partial charge is 0.387 e. The molecule has 2 rings (SSSR count). The van der Waals surface area contributed by atoms with Gasteiger partial charge in [-0.25, -0.2) is 17.5 Å². The van der Waals surface area contributed by atoms with Crippen LogP contribution < -0.4 is 9.47 Å². The predicted octanol–water partition coefficient (Wildman–Crippen LogP) is 3.95. The van der Waals surface area contributed by atoms with E-state index in [2.05, 4.69) is 4.74 Å². The summed E-state index contributed by atoms with van der Waals surface area (Å²) in [6.07, 6.45) is 0. The first-order valence-electron chi connectivity index (χ1n) is 8.66. The van der Waals surface area contributed by atoms with E-state index >= 15 is 0 Å². The number of nitrogens with zero attached hydrogens (tertiary/aromatic N) is 1. The number of sulfonamides is 1. The van der Waals surface area contributed by atoms with Crippen LogP contribution in [-0.4, -0.2) is 46.0 Å². The van der Waals surface area contributed by atoms with Crippen molar-refractivity contribution in [3.05, 3.63) is 52.5 Å². The highest BCUT2D eigenvalue weighted by Gasteiger charge is 2.22. The summed E-state index contributed by atoms with van der Waals surface area (Å²) in [5, 5.41) is -0.0233. The van der Waals surface area contributed by atoms with Gasteiger partial charge in [0.1, 0.15) is 6.61 Å². The Morgan fingerprint density at radius 3 is 2.50 bits per heavy atom. The van der Waals surface area contributed by atoms with E-state index in [4.69, 9.17) is 21.1 Å². The molecule has 0 bridgehead atoms. The van der Waals surface area contributed by atoms with Crippen LogP contribution in [0.15, 0.2) is 41.3 Å². The molecule has 0 unspecified atom stereocenters. The van der Waals surface area contributed by atoms with Crippen molar-refractivity contribution in [2.75, 3.05) is 20.7 Å². The Balaban J connectivity index is 2.29. The van der Waals surface area contributed by atoms with Crippen LogP contribution in [0.25, 0.3) is 0 Å². The third-order valence-electron chi connectivity index (χ3n) is 3.86. The van der Waals surface area contributed by atoms with Crippen molar-refractivity contribution in [1.82, 2.24) is 4.31 Å². The number of para-hydroxylation sites is 1. The number of benzene rings is 2. The van der Waals surface area contributed by atoms with Gasteiger partial charge in [0, 0.05) is 19.7 Å². The van der Waals surface area contributed by atoms with E-state index in [0.717, 1.165) is 10.4 Å². The highest BCUT2D eigenvalue weighted by atomic mass is 35.5. The van der Waals surface area contributed by atoms with Crippen LogP contribution in [0.3, 0.4) is 0 Å². The first-order chi connectivity index (χ1) is 14.1. The number of carbonyl (C=O) groups is 1. The molecule has 0 radical (unpaired) electrons. The second-order valence-electron chi connectivity index (χ2n) is 6.06. The molecule has 0 aromatic heterocycles. The van der Waals surface area contributed by atoms with E-state index in [9.17, 15) is 22.0 Å². The zero-order valence-corrected chi connectivity index (χ0v) is 18.0. The summed E-state index contributed by atoms with van der Waals surface area (Å²) in [6.45, 7) is -1.65. The fourth-order valence-electron chi connectivity index (χ4n) is 2.42. The molecular weight excluding hydrogens is 444 g/mol. The zero-order valence-electron chi connectivity index (χ0n) is 16.4. The maximum Gasteiger partial charge on any atom is 0.387 e. The summed E-state index contributed by atoms with van der Waals surface area (Å²) in [5.41, 5.74) is -0.0420. The van der Waals surface area contributed by atoms with E-state index in [1.54, 1.807) is 6.92 Å². The SMILES string of the molecule is CCOc1cccc(COC(=O)c2cc(S(=O)(=O)N(C)C)ccc2Cl)c1OC(F)F. The molecule has 2 aromatic carbocycles. The molecule has 0 aliphatic rings. The van der Waals surface area contributed by atoms with Gasteiger partial charge in [0.05, 0.1) is 22.1 Å². The lowest BCUT2D eigenvalue weighted by atomic mass is 10.2. The van der Waals surface area contributed by atoms with Crippen LogP contribution >= 0.6 is 11.6 Å². The second-order valence-corrected chi connectivity index (χ2v) is 8.62. The molecule has 0 aliphatic carbocycles. The summed E-state index contributed by atoms with van der Waals surface area (Å²) >= 11 is 6.02. The van der Waals surface area contributed by atoms with Crippen LogP contribution in [0, 0.1) is 0 Å². The second kappa shape index (κ2) is 10.1. The third-order valence-corrected chi connectivity index (χ3v) is 6.00. The average Bonchev–Trinajstić information content (AvgIpc) is 2.67. The largest absolute Gasteiger partial charge is 0.490 e. The van der Waals surface area contributed by atoms with Crippen LogP contribution in [0.1, 0.15) is 22.8 Å². The maximum atomic E-state index is 12.8. The molecular formula is C19H20ClF2NO6S. The first-order valence-corrected chi connectivity index (χ1v) is 10.5. The predicted molar refractivity (Wildman–Crippen MR) is 106 cm³/mol. The minimum Gasteiger partial charge on any atom is -0.490 e. The summed E-state index contributed by atoms with van der Waals surface area (Å²) < 4.78 is 66.1. The normalized spacial score (nSPS) is 11.6. The van der Waals surface area contributed by atoms with Crippen molar-refractivity contribution in [2.45, 2.75) is 25.0 Å². The van der Waals surface area contributed by atoms with E-state index in [1.165, 1.54) is 44.4 Å². The Morgan fingerprint density at radius 2 is 1.90 bits per heavy atom. The molecule has 0 amide bonds. The molecule has 7 nitrogen and oxygen atoms in total. The lowest BCUT2D eigenvalue weighted by Crippen LogP contribution is -2.22. The van der Waals surface area contributed by atoms with Gasteiger partial charge < -0.3 is 14.2 Å². The van der Waals surface area contributed by atoms with E-state index in [0.29, 0.717) is 0 Å². The van der Waals surface area contributed by atoms with Gasteiger partial charge >= 0.3 is 12.6 Å². The van der Waals surface area contributed by atoms with E-state index in [-0.39, 0.29) is 39.2 Å². The Morgan fingerprint density at radius 1 is 1.20 bits per heavy atom. The van der Waals surface area contributed by atoms with Gasteiger partial charge in [-0.05, 0) is 31.2 Å². The number of carbonyl (C=O) groups excluding carboxylic acids is 1. The van der Waals surface area contributed by atoms with Crippen LogP contribution in [0.5, 0.6) is 11.5 Å². The molecule has 0 saturated heterocycles. The van der Waals surface area contributed by atoms with Gasteiger partial charge in [-0.1, -0.05) is 23.7 Å². The van der Waals surface area contributed by atoms with Crippen LogP contribution in [-0.2, 0) is 21.4 Å². The summed E-state index contributed by atoms with van der Waals surface area (Å²) in [4.78, 5) is 12.3. The molecule has 0 saturated carbocycles. The first kappa shape index (κ1) is 23.8. The number of hydrogen-bond acceptors (Lipinski definition) is 6. The number of rotatable bonds is 9. The van der Waals surface area contributed by atoms with Crippen molar-refractivity contribution in [2.24, 2.45) is 0 Å². The van der Waals surface area contributed by atoms with E-state index < -0.39 is 29.2 Å². The van der Waals surface area contributed by atoms with Crippen molar-refractivity contribution in [3.63, 3.8) is 0 Å². The van der Waals surface area contributed by atoms with Crippen LogP contribution in [0.4, 0.5) is 8.78 Å². The fraction of sp³-hybridized carbons (Fsp3) is 0.316. The average molecular weight is 464 g/mol. The zero-order chi connectivity index (χ0) is 22.5. The topological polar surface area (TPSA) is 82.1 Å². The molecule has 0 N–H and O–H groups in total. The van der Waals surface area contributed by atoms with Gasteiger partial charge in [0.15, 0.2) is 11.5 Å². The Labute approximate surface area is 178 Å². The highest BCUT2D eigenvalue weighted by molar-refractivity contribution is 7.89. The molecule has 0 spiro atoms. The monoisotopic (exact) mass is 463 g/mol. The number of halogens is 3. The molecule has 30 heavy (non-hydrogen) atoms. The fourth-order valence-corrected chi connectivity index (χ4v) is 3.54. The summed E-state index contributed by atoms with van der Waals surface area (Å²) in [7, 11) is -1.11. The van der Waals surface area contributed by atoms with Gasteiger partial charge in [-0.3, -0.25) is 0 Å². The third kappa shape index (κ3) is 5.59. The lowest BCUT2D eigenvalue weighted by molar-refractivity contribution is -0.0526. The summed E-state index contributed by atoms with van der Waals surface area (Å²) in [6, 6.07) is 8.02. The molecule has 0 atom stereocenters. The Kier molecular flexibility index (Phi) is 7.99. The molecule has 0 aliphatic heterocycles. The van der Waals surface area contributed by atoms with Gasteiger partial charge in [-0.2, -0.15) is 8.78 Å². The lowest BCUT2D eigenvalue weighted by Gasteiger charge is -2.16. The Bertz CT molecular complexity index is 1010. The van der Waals surface area contributed by atoms with Crippen molar-refractivity contribution in [3.8, 4) is 11.5 Å². The van der Waals surface area contributed by atoms with Crippen molar-refractivity contribution in [1.29, 1.82) is 0 Å². The number of ether oxygens (including phenoxy) is 3. The van der Waals surface area contributed by atoms with Gasteiger partial charge in [-0.15, -0.1) is 0 Å². The van der Waals surface area contributed by atoms with Crippen LogP contribution in [0.2, 0.25) is 5.02 Å². The maximum absolute atomic E-state index is 12.8. The van der Waals surface area contributed by atoms with E-state index in [1.807, 2.05) is 0 Å². The number of alkyl halides is 2. The minimum absolute atomic E-state index is 0.0233. The van der Waals surface area contributed by atoms with Crippen molar-refractivity contribution < 1.29 is 36.2 Å². The number of hydrogen-bond donors (Lipinski definition) is 0. The minimum atomic E-state index is -3.80. The molecule has 164 valence electrons. The van der Waals surface area contributed by atoms with Gasteiger partial charge in [0.25, 0.3) is 0 Å². The molecule has 0 heterocycles. The summed E-state index contributed by atoms with van der Waals surface area (Å²) in [5.74, 6) is -1.11. The highest BCUT2D eigenvalue weighted by Crippen LogP contribution is 2.33. The number of esters is 1. The molecule has 2 aromatic rings. The van der Waals surface area contributed by atoms with Gasteiger partial charge in [0.2, 0.25) is 10.0 Å². The Hall–Kier alpha value is -2.43. The quantitative estimate of drug-likeness (QED) is 0.524. The van der Waals surface area contributed by atoms with Crippen molar-refractivity contribution >= 4 is 27.6 Å². The molecule has 0 fully saturated rings.